The van der Waals surface area contributed by atoms with Crippen LogP contribution in [0.15, 0.2) is 41.8 Å². The van der Waals surface area contributed by atoms with Crippen LogP contribution in [-0.2, 0) is 6.54 Å². The highest BCUT2D eigenvalue weighted by Gasteiger charge is 2.12. The molecule has 0 bridgehead atoms. The van der Waals surface area contributed by atoms with E-state index in [0.29, 0.717) is 13.2 Å². The van der Waals surface area contributed by atoms with Crippen molar-refractivity contribution >= 4 is 17.4 Å². The van der Waals surface area contributed by atoms with Crippen molar-refractivity contribution in [1.29, 1.82) is 0 Å². The highest BCUT2D eigenvalue weighted by Crippen LogP contribution is 2.30. The van der Waals surface area contributed by atoms with Crippen molar-refractivity contribution in [3.63, 3.8) is 0 Å². The summed E-state index contributed by atoms with van der Waals surface area (Å²) in [7, 11) is 2.12. The van der Waals surface area contributed by atoms with Crippen LogP contribution in [0, 0.1) is 0 Å². The lowest BCUT2D eigenvalue weighted by Crippen LogP contribution is -2.19. The molecule has 1 aliphatic rings. The maximum absolute atomic E-state index is 5.62. The second-order valence-electron chi connectivity index (χ2n) is 5.09. The van der Waals surface area contributed by atoms with Crippen molar-refractivity contribution in [3.05, 3.63) is 52.2 Å². The Morgan fingerprint density at radius 1 is 1.19 bits per heavy atom. The molecule has 0 atom stereocenters. The van der Waals surface area contributed by atoms with Gasteiger partial charge in [0.1, 0.15) is 13.2 Å². The van der Waals surface area contributed by atoms with Gasteiger partial charge in [0.25, 0.3) is 0 Å². The molecular formula is C17H19NO2S. The minimum atomic E-state index is 0.635. The normalized spacial score (nSPS) is 14.0. The van der Waals surface area contributed by atoms with E-state index >= 15 is 0 Å². The Hall–Kier alpha value is -1.78. The summed E-state index contributed by atoms with van der Waals surface area (Å²) in [6.07, 6.45) is 4.37. The van der Waals surface area contributed by atoms with Gasteiger partial charge in [0.05, 0.1) is 0 Å². The van der Waals surface area contributed by atoms with Crippen LogP contribution in [0.1, 0.15) is 10.4 Å². The van der Waals surface area contributed by atoms with Gasteiger partial charge >= 0.3 is 0 Å². The maximum atomic E-state index is 5.62. The van der Waals surface area contributed by atoms with E-state index in [0.717, 1.165) is 24.6 Å². The SMILES string of the molecule is CN(CC=Cc1cccs1)Cc1ccc2c(c1)OCCO2. The first-order valence-corrected chi connectivity index (χ1v) is 7.96. The monoisotopic (exact) mass is 301 g/mol. The van der Waals surface area contributed by atoms with Crippen LogP contribution in [0.4, 0.5) is 0 Å². The van der Waals surface area contributed by atoms with Crippen LogP contribution in [0.2, 0.25) is 0 Å². The van der Waals surface area contributed by atoms with Gasteiger partial charge in [-0.1, -0.05) is 18.2 Å². The second kappa shape index (κ2) is 6.78. The van der Waals surface area contributed by atoms with Crippen LogP contribution < -0.4 is 9.47 Å². The van der Waals surface area contributed by atoms with Gasteiger partial charge in [0.15, 0.2) is 11.5 Å². The summed E-state index contributed by atoms with van der Waals surface area (Å²) in [6, 6.07) is 10.4. The predicted molar refractivity (Wildman–Crippen MR) is 87.1 cm³/mol. The largest absolute Gasteiger partial charge is 0.486 e. The topological polar surface area (TPSA) is 21.7 Å². The zero-order valence-electron chi connectivity index (χ0n) is 12.1. The molecule has 0 saturated carbocycles. The Morgan fingerprint density at radius 2 is 2.05 bits per heavy atom. The number of hydrogen-bond donors (Lipinski definition) is 0. The third-order valence-corrected chi connectivity index (χ3v) is 4.14. The van der Waals surface area contributed by atoms with Crippen molar-refractivity contribution in [2.24, 2.45) is 0 Å². The van der Waals surface area contributed by atoms with E-state index in [-0.39, 0.29) is 0 Å². The number of ether oxygens (including phenoxy) is 2. The standard InChI is InChI=1S/C17H19NO2S/c1-18(8-2-4-15-5-3-11-21-15)13-14-6-7-16-17(12-14)20-10-9-19-16/h2-7,11-12H,8-10,13H2,1H3. The number of benzene rings is 1. The van der Waals surface area contributed by atoms with Gasteiger partial charge in [-0.15, -0.1) is 11.3 Å². The molecule has 0 amide bonds. The number of hydrogen-bond acceptors (Lipinski definition) is 4. The molecule has 2 heterocycles. The summed E-state index contributed by atoms with van der Waals surface area (Å²) in [6.45, 7) is 3.09. The molecule has 0 N–H and O–H groups in total. The molecule has 110 valence electrons. The highest BCUT2D eigenvalue weighted by molar-refractivity contribution is 7.10. The molecule has 1 aliphatic heterocycles. The van der Waals surface area contributed by atoms with E-state index in [1.54, 1.807) is 11.3 Å². The fraction of sp³-hybridized carbons (Fsp3) is 0.294. The van der Waals surface area contributed by atoms with Crippen LogP contribution in [0.5, 0.6) is 11.5 Å². The molecule has 0 fully saturated rings. The lowest BCUT2D eigenvalue weighted by Gasteiger charge is -2.20. The van der Waals surface area contributed by atoms with Crippen LogP contribution in [-0.4, -0.2) is 31.7 Å². The molecular weight excluding hydrogens is 282 g/mol. The van der Waals surface area contributed by atoms with E-state index < -0.39 is 0 Å². The number of rotatable bonds is 5. The summed E-state index contributed by atoms with van der Waals surface area (Å²) < 4.78 is 11.2. The van der Waals surface area contributed by atoms with Crippen LogP contribution >= 0.6 is 11.3 Å². The Balaban J connectivity index is 1.56. The lowest BCUT2D eigenvalue weighted by molar-refractivity contribution is 0.171. The third-order valence-electron chi connectivity index (χ3n) is 3.30. The average molecular weight is 301 g/mol. The minimum absolute atomic E-state index is 0.635. The first kappa shape index (κ1) is 14.2. The molecule has 21 heavy (non-hydrogen) atoms. The van der Waals surface area contributed by atoms with Crippen molar-refractivity contribution in [2.45, 2.75) is 6.54 Å². The Bertz CT molecular complexity index is 607. The van der Waals surface area contributed by atoms with Gasteiger partial charge in [-0.05, 0) is 42.3 Å². The zero-order chi connectivity index (χ0) is 14.5. The van der Waals surface area contributed by atoms with Crippen molar-refractivity contribution in [2.75, 3.05) is 26.8 Å². The molecule has 2 aromatic rings. The molecule has 0 spiro atoms. The summed E-state index contributed by atoms with van der Waals surface area (Å²) in [4.78, 5) is 3.57. The number of nitrogens with zero attached hydrogens (tertiary/aromatic N) is 1. The predicted octanol–water partition coefficient (Wildman–Crippen LogP) is 3.66. The molecule has 4 heteroatoms. The number of likely N-dealkylation sites (N-methyl/N-ethyl adjacent to an activating group) is 1. The Labute approximate surface area is 129 Å². The fourth-order valence-corrected chi connectivity index (χ4v) is 2.94. The quantitative estimate of drug-likeness (QED) is 0.841. The molecule has 0 aliphatic carbocycles. The van der Waals surface area contributed by atoms with Gasteiger partial charge in [0, 0.05) is 18.0 Å². The number of thiophene rings is 1. The smallest absolute Gasteiger partial charge is 0.161 e. The average Bonchev–Trinajstić information content (AvgIpc) is 3.00. The summed E-state index contributed by atoms with van der Waals surface area (Å²) in [5.41, 5.74) is 1.24. The summed E-state index contributed by atoms with van der Waals surface area (Å²) >= 11 is 1.76. The molecule has 0 saturated heterocycles. The van der Waals surface area contributed by atoms with E-state index in [9.17, 15) is 0 Å². The summed E-state index contributed by atoms with van der Waals surface area (Å²) in [5.74, 6) is 1.71. The first-order chi connectivity index (χ1) is 10.3. The molecule has 0 unspecified atom stereocenters. The molecule has 1 aromatic heterocycles. The zero-order valence-corrected chi connectivity index (χ0v) is 12.9. The second-order valence-corrected chi connectivity index (χ2v) is 6.07. The van der Waals surface area contributed by atoms with Gasteiger partial charge < -0.3 is 9.47 Å². The van der Waals surface area contributed by atoms with Crippen LogP contribution in [0.3, 0.4) is 0 Å². The summed E-state index contributed by atoms with van der Waals surface area (Å²) in [5, 5.41) is 2.10. The van der Waals surface area contributed by atoms with E-state index in [2.05, 4.69) is 53.7 Å². The van der Waals surface area contributed by atoms with E-state index in [4.69, 9.17) is 9.47 Å². The van der Waals surface area contributed by atoms with Gasteiger partial charge in [-0.2, -0.15) is 0 Å². The minimum Gasteiger partial charge on any atom is -0.486 e. The fourth-order valence-electron chi connectivity index (χ4n) is 2.30. The first-order valence-electron chi connectivity index (χ1n) is 7.08. The lowest BCUT2D eigenvalue weighted by atomic mass is 10.2. The maximum Gasteiger partial charge on any atom is 0.161 e. The molecule has 1 aromatic carbocycles. The highest BCUT2D eigenvalue weighted by atomic mass is 32.1. The molecule has 3 nitrogen and oxygen atoms in total. The van der Waals surface area contributed by atoms with Crippen molar-refractivity contribution in [1.82, 2.24) is 4.90 Å². The Morgan fingerprint density at radius 3 is 2.86 bits per heavy atom. The van der Waals surface area contributed by atoms with Crippen molar-refractivity contribution < 1.29 is 9.47 Å². The van der Waals surface area contributed by atoms with Gasteiger partial charge in [-0.25, -0.2) is 0 Å². The van der Waals surface area contributed by atoms with Crippen molar-refractivity contribution in [3.8, 4) is 11.5 Å². The third kappa shape index (κ3) is 3.86. The molecule has 0 radical (unpaired) electrons. The Kier molecular flexibility index (Phi) is 4.58. The van der Waals surface area contributed by atoms with E-state index in [1.165, 1.54) is 10.4 Å². The van der Waals surface area contributed by atoms with Crippen LogP contribution in [0.25, 0.3) is 6.08 Å². The van der Waals surface area contributed by atoms with Gasteiger partial charge in [-0.3, -0.25) is 4.90 Å². The van der Waals surface area contributed by atoms with E-state index in [1.807, 2.05) is 6.07 Å². The van der Waals surface area contributed by atoms with Gasteiger partial charge in [0.2, 0.25) is 0 Å². The molecule has 3 rings (SSSR count). The number of fused-ring (bicyclic) bond motifs is 1.